The van der Waals surface area contributed by atoms with Crippen molar-refractivity contribution in [3.63, 3.8) is 0 Å². The number of hydrogen-bond donors (Lipinski definition) is 0. The second-order valence-electron chi connectivity index (χ2n) is 12.8. The van der Waals surface area contributed by atoms with Crippen molar-refractivity contribution in [1.29, 1.82) is 0 Å². The van der Waals surface area contributed by atoms with Crippen LogP contribution in [0.15, 0.2) is 27.5 Å². The van der Waals surface area contributed by atoms with Crippen molar-refractivity contribution >= 4 is 16.9 Å². The molecule has 0 radical (unpaired) electrons. The average molecular weight is 596 g/mol. The summed E-state index contributed by atoms with van der Waals surface area (Å²) in [6, 6.07) is 4.58. The minimum Gasteiger partial charge on any atom is -0.415 e. The number of ether oxygens (including phenoxy) is 1. The largest absolute Gasteiger partial charge is 0.415 e. The highest BCUT2D eigenvalue weighted by atomic mass is 19.1. The van der Waals surface area contributed by atoms with Gasteiger partial charge >= 0.3 is 5.97 Å². The summed E-state index contributed by atoms with van der Waals surface area (Å²) in [4.78, 5) is 31.0. The summed E-state index contributed by atoms with van der Waals surface area (Å²) in [5.74, 6) is 0.612. The molecule has 3 aromatic rings. The number of fused-ring (bicyclic) bond motifs is 2. The van der Waals surface area contributed by atoms with Crippen molar-refractivity contribution in [1.82, 2.24) is 14.7 Å². The standard InChI is InChI=1S/C34H48FN4O4/c1-3-4-5-6-7-8-9-13-32(40)42-24-39(22-18-28-25(2)36-31-12-10-11-19-38(31)34(28)41)20-16-26(17-21-39)33-29-15-14-27(35)23-30(29)43-37-33/h14-15,23,26H,3-13,16-22,24H2,1-2H3/q+1. The Morgan fingerprint density at radius 2 is 1.88 bits per heavy atom. The summed E-state index contributed by atoms with van der Waals surface area (Å²) in [5.41, 5.74) is 3.04. The third-order valence-electron chi connectivity index (χ3n) is 9.65. The van der Waals surface area contributed by atoms with Gasteiger partial charge in [-0.2, -0.15) is 0 Å². The minimum atomic E-state index is -0.337. The van der Waals surface area contributed by atoms with E-state index in [0.29, 0.717) is 36.2 Å². The monoisotopic (exact) mass is 595 g/mol. The molecule has 2 aliphatic rings. The Labute approximate surface area is 254 Å². The van der Waals surface area contributed by atoms with Crippen LogP contribution in [-0.2, 0) is 28.9 Å². The Morgan fingerprint density at radius 3 is 2.67 bits per heavy atom. The molecule has 0 saturated carbocycles. The lowest BCUT2D eigenvalue weighted by Crippen LogP contribution is -2.55. The molecule has 0 bridgehead atoms. The lowest BCUT2D eigenvalue weighted by Gasteiger charge is -2.42. The van der Waals surface area contributed by atoms with Crippen molar-refractivity contribution in [2.75, 3.05) is 26.4 Å². The number of benzene rings is 1. The molecular formula is C34H48FN4O4+. The van der Waals surface area contributed by atoms with Gasteiger partial charge in [-0.15, -0.1) is 0 Å². The molecule has 234 valence electrons. The van der Waals surface area contributed by atoms with Gasteiger partial charge in [0.1, 0.15) is 11.6 Å². The van der Waals surface area contributed by atoms with Gasteiger partial charge < -0.3 is 9.26 Å². The van der Waals surface area contributed by atoms with Crippen LogP contribution in [0.2, 0.25) is 0 Å². The van der Waals surface area contributed by atoms with E-state index < -0.39 is 0 Å². The molecule has 1 saturated heterocycles. The summed E-state index contributed by atoms with van der Waals surface area (Å²) in [5, 5.41) is 5.18. The topological polar surface area (TPSA) is 87.2 Å². The number of rotatable bonds is 14. The number of aromatic nitrogens is 3. The van der Waals surface area contributed by atoms with Crippen LogP contribution in [-0.4, -0.2) is 51.5 Å². The third kappa shape index (κ3) is 7.72. The van der Waals surface area contributed by atoms with Crippen molar-refractivity contribution in [2.24, 2.45) is 0 Å². The maximum atomic E-state index is 13.7. The molecular weight excluding hydrogens is 547 g/mol. The van der Waals surface area contributed by atoms with E-state index >= 15 is 0 Å². The van der Waals surface area contributed by atoms with Crippen LogP contribution >= 0.6 is 0 Å². The zero-order valence-electron chi connectivity index (χ0n) is 26.0. The number of hydrogen-bond acceptors (Lipinski definition) is 6. The SMILES string of the molecule is CCCCCCCCCC(=O)OC[N+]1(CCc2c(C)nc3n(c2=O)CCCC3)CCC(c2noc3cc(F)ccc23)CC1. The third-order valence-corrected chi connectivity index (χ3v) is 9.65. The number of esters is 1. The van der Waals surface area contributed by atoms with E-state index in [-0.39, 0.29) is 23.3 Å². The summed E-state index contributed by atoms with van der Waals surface area (Å²) in [6.45, 7) is 7.51. The maximum absolute atomic E-state index is 13.7. The highest BCUT2D eigenvalue weighted by Gasteiger charge is 2.37. The van der Waals surface area contributed by atoms with Crippen molar-refractivity contribution in [3.05, 3.63) is 57.1 Å². The summed E-state index contributed by atoms with van der Waals surface area (Å²) in [7, 11) is 0. The molecule has 5 rings (SSSR count). The van der Waals surface area contributed by atoms with Gasteiger partial charge in [-0.1, -0.05) is 50.6 Å². The zero-order chi connectivity index (χ0) is 30.2. The van der Waals surface area contributed by atoms with Crippen molar-refractivity contribution in [2.45, 2.75) is 116 Å². The first-order valence-electron chi connectivity index (χ1n) is 16.5. The maximum Gasteiger partial charge on any atom is 0.310 e. The highest BCUT2D eigenvalue weighted by molar-refractivity contribution is 5.79. The molecule has 1 aromatic carbocycles. The summed E-state index contributed by atoms with van der Waals surface area (Å²) < 4.78 is 27.6. The number of halogens is 1. The van der Waals surface area contributed by atoms with Gasteiger partial charge in [-0.25, -0.2) is 9.37 Å². The van der Waals surface area contributed by atoms with Crippen LogP contribution in [0.1, 0.15) is 113 Å². The number of nitrogens with zero attached hydrogens (tertiary/aromatic N) is 4. The Morgan fingerprint density at radius 1 is 1.12 bits per heavy atom. The van der Waals surface area contributed by atoms with E-state index in [0.717, 1.165) is 92.7 Å². The van der Waals surface area contributed by atoms with Crippen LogP contribution in [0, 0.1) is 12.7 Å². The van der Waals surface area contributed by atoms with E-state index in [4.69, 9.17) is 14.2 Å². The predicted octanol–water partition coefficient (Wildman–Crippen LogP) is 6.75. The Hall–Kier alpha value is -3.07. The molecule has 9 heteroatoms. The van der Waals surface area contributed by atoms with E-state index in [1.165, 1.54) is 44.2 Å². The molecule has 0 atom stereocenters. The summed E-state index contributed by atoms with van der Waals surface area (Å²) >= 11 is 0. The van der Waals surface area contributed by atoms with E-state index in [2.05, 4.69) is 12.1 Å². The number of aryl methyl sites for hydroxylation is 2. The van der Waals surface area contributed by atoms with Gasteiger partial charge in [0.05, 0.1) is 25.3 Å². The Balaban J connectivity index is 1.25. The number of carbonyl (C=O) groups excluding carboxylic acids is 1. The second kappa shape index (κ2) is 14.6. The lowest BCUT2D eigenvalue weighted by atomic mass is 9.90. The van der Waals surface area contributed by atoms with Crippen LogP contribution in [0.4, 0.5) is 4.39 Å². The number of quaternary nitrogens is 1. The van der Waals surface area contributed by atoms with E-state index in [1.807, 2.05) is 11.5 Å². The molecule has 43 heavy (non-hydrogen) atoms. The molecule has 0 N–H and O–H groups in total. The van der Waals surface area contributed by atoms with Gasteiger partial charge in [0.2, 0.25) is 6.73 Å². The molecule has 1 fully saturated rings. The van der Waals surface area contributed by atoms with Crippen LogP contribution in [0.25, 0.3) is 11.0 Å². The smallest absolute Gasteiger partial charge is 0.310 e. The van der Waals surface area contributed by atoms with Gasteiger partial charge in [-0.05, 0) is 38.3 Å². The molecule has 0 unspecified atom stereocenters. The van der Waals surface area contributed by atoms with E-state index in [1.54, 1.807) is 6.07 Å². The fourth-order valence-electron chi connectivity index (χ4n) is 6.91. The summed E-state index contributed by atoms with van der Waals surface area (Å²) in [6.07, 6.45) is 13.8. The molecule has 2 aromatic heterocycles. The highest BCUT2D eigenvalue weighted by Crippen LogP contribution is 2.35. The lowest BCUT2D eigenvalue weighted by molar-refractivity contribution is -0.948. The first-order chi connectivity index (χ1) is 20.9. The van der Waals surface area contributed by atoms with Gasteiger partial charge in [0.25, 0.3) is 5.56 Å². The van der Waals surface area contributed by atoms with Gasteiger partial charge in [0, 0.05) is 67.3 Å². The predicted molar refractivity (Wildman–Crippen MR) is 164 cm³/mol. The van der Waals surface area contributed by atoms with Crippen LogP contribution in [0.5, 0.6) is 0 Å². The molecule has 2 aliphatic heterocycles. The fourth-order valence-corrected chi connectivity index (χ4v) is 6.91. The van der Waals surface area contributed by atoms with E-state index in [9.17, 15) is 14.0 Å². The van der Waals surface area contributed by atoms with Crippen LogP contribution in [0.3, 0.4) is 0 Å². The van der Waals surface area contributed by atoms with Crippen molar-refractivity contribution < 1.29 is 22.9 Å². The van der Waals surface area contributed by atoms with Crippen molar-refractivity contribution in [3.8, 4) is 0 Å². The molecule has 0 amide bonds. The first-order valence-corrected chi connectivity index (χ1v) is 16.5. The van der Waals surface area contributed by atoms with Gasteiger partial charge in [0.15, 0.2) is 5.58 Å². The Bertz CT molecular complexity index is 1440. The fraction of sp³-hybridized carbons (Fsp3) is 0.647. The number of unbranched alkanes of at least 4 members (excludes halogenated alkanes) is 6. The first kappa shape index (κ1) is 31.4. The molecule has 0 aliphatic carbocycles. The molecule has 4 heterocycles. The number of piperidine rings is 1. The quantitative estimate of drug-likeness (QED) is 0.116. The second-order valence-corrected chi connectivity index (χ2v) is 12.8. The van der Waals surface area contributed by atoms with Gasteiger partial charge in [-0.3, -0.25) is 18.6 Å². The number of carbonyl (C=O) groups is 1. The Kier molecular flexibility index (Phi) is 10.6. The normalized spacial score (nSPS) is 20.3. The number of likely N-dealkylation sites (tertiary alicyclic amines) is 1. The van der Waals surface area contributed by atoms with Crippen LogP contribution < -0.4 is 5.56 Å². The zero-order valence-corrected chi connectivity index (χ0v) is 26.0. The minimum absolute atomic E-state index is 0.0902. The average Bonchev–Trinajstić information content (AvgIpc) is 3.43. The molecule has 0 spiro atoms. The molecule has 8 nitrogen and oxygen atoms in total.